The average molecular weight is 287 g/mol. The molecule has 1 rings (SSSR count). The van der Waals surface area contributed by atoms with Gasteiger partial charge in [-0.3, -0.25) is 9.59 Å². The van der Waals surface area contributed by atoms with Crippen molar-refractivity contribution in [3.63, 3.8) is 0 Å². The van der Waals surface area contributed by atoms with E-state index < -0.39 is 26.2 Å². The first-order valence-corrected chi connectivity index (χ1v) is 9.59. The van der Waals surface area contributed by atoms with Gasteiger partial charge >= 0.3 is 5.97 Å². The molecular weight excluding hydrogens is 262 g/mol. The lowest BCUT2D eigenvalue weighted by molar-refractivity contribution is -0.158. The third kappa shape index (κ3) is 2.69. The normalized spacial score (nSPS) is 26.1. The molecule has 2 N–H and O–H groups in total. The van der Waals surface area contributed by atoms with Gasteiger partial charge < -0.3 is 14.8 Å². The number of aliphatic hydroxyl groups excluding tert-OH is 1. The Hall–Kier alpha value is -0.883. The summed E-state index contributed by atoms with van der Waals surface area (Å²) in [6.45, 7) is 12.0. The molecule has 0 radical (unpaired) electrons. The number of aliphatic hydroxyl groups is 1. The van der Waals surface area contributed by atoms with Crippen molar-refractivity contribution in [2.45, 2.75) is 64.4 Å². The first-order valence-electron chi connectivity index (χ1n) is 6.64. The summed E-state index contributed by atoms with van der Waals surface area (Å²) in [4.78, 5) is 23.3. The van der Waals surface area contributed by atoms with E-state index in [1.54, 1.807) is 11.5 Å². The smallest absolute Gasteiger partial charge is 0.305 e. The Balaban J connectivity index is 3.06. The Labute approximate surface area is 115 Å². The van der Waals surface area contributed by atoms with Gasteiger partial charge in [0.25, 0.3) is 0 Å². The quantitative estimate of drug-likeness (QED) is 0.609. The van der Waals surface area contributed by atoms with Crippen LogP contribution in [0.4, 0.5) is 0 Å². The summed E-state index contributed by atoms with van der Waals surface area (Å²) in [6, 6.07) is -0.370. The van der Waals surface area contributed by atoms with Crippen LogP contribution in [0.1, 0.15) is 34.1 Å². The van der Waals surface area contributed by atoms with E-state index in [0.29, 0.717) is 0 Å². The van der Waals surface area contributed by atoms with Crippen molar-refractivity contribution in [3.8, 4) is 0 Å². The van der Waals surface area contributed by atoms with Gasteiger partial charge in [0.15, 0.2) is 8.24 Å². The number of rotatable bonds is 4. The number of amides is 1. The topological polar surface area (TPSA) is 77.8 Å². The van der Waals surface area contributed by atoms with Crippen LogP contribution in [0.5, 0.6) is 0 Å². The number of carboxylic acids is 1. The van der Waals surface area contributed by atoms with Crippen molar-refractivity contribution in [2.24, 2.45) is 5.92 Å². The Morgan fingerprint density at radius 2 is 1.89 bits per heavy atom. The van der Waals surface area contributed by atoms with Crippen molar-refractivity contribution < 1.29 is 19.8 Å². The number of hydrogen-bond acceptors (Lipinski definition) is 3. The second-order valence-corrected chi connectivity index (χ2v) is 12.0. The lowest BCUT2D eigenvalue weighted by atomic mass is 9.84. The van der Waals surface area contributed by atoms with Crippen LogP contribution in [-0.4, -0.2) is 47.0 Å². The largest absolute Gasteiger partial charge is 0.481 e. The van der Waals surface area contributed by atoms with E-state index in [1.165, 1.54) is 0 Å². The molecule has 6 heteroatoms. The highest BCUT2D eigenvalue weighted by atomic mass is 28.3. The molecule has 1 amide bonds. The van der Waals surface area contributed by atoms with Crippen molar-refractivity contribution in [2.75, 3.05) is 0 Å². The molecule has 3 atom stereocenters. The molecule has 110 valence electrons. The minimum atomic E-state index is -2.09. The number of carbonyl (C=O) groups is 2. The maximum absolute atomic E-state index is 12.3. The second-order valence-electron chi connectivity index (χ2n) is 6.95. The molecule has 2 unspecified atom stereocenters. The summed E-state index contributed by atoms with van der Waals surface area (Å²) < 4.78 is 1.78. The van der Waals surface area contributed by atoms with Gasteiger partial charge in [0.1, 0.15) is 0 Å². The zero-order chi connectivity index (χ0) is 15.2. The number of hydrogen-bond donors (Lipinski definition) is 2. The first-order chi connectivity index (χ1) is 8.41. The Kier molecular flexibility index (Phi) is 4.17. The van der Waals surface area contributed by atoms with Gasteiger partial charge in [-0.1, -0.05) is 33.9 Å². The predicted octanol–water partition coefficient (Wildman–Crippen LogP) is 1.67. The molecule has 1 heterocycles. The molecule has 1 saturated heterocycles. The molecule has 0 aromatic heterocycles. The van der Waals surface area contributed by atoms with Gasteiger partial charge in [-0.2, -0.15) is 0 Å². The lowest BCUT2D eigenvalue weighted by Gasteiger charge is -2.58. The monoisotopic (exact) mass is 287 g/mol. The fourth-order valence-corrected chi connectivity index (χ4v) is 5.05. The maximum Gasteiger partial charge on any atom is 0.305 e. The van der Waals surface area contributed by atoms with Crippen LogP contribution >= 0.6 is 0 Å². The molecule has 0 aromatic rings. The van der Waals surface area contributed by atoms with Crippen LogP contribution in [0.25, 0.3) is 0 Å². The van der Waals surface area contributed by atoms with E-state index in [2.05, 4.69) is 33.9 Å². The summed E-state index contributed by atoms with van der Waals surface area (Å²) in [5, 5.41) is 18.7. The van der Waals surface area contributed by atoms with E-state index in [0.717, 1.165) is 0 Å². The molecule has 0 bridgehead atoms. The highest BCUT2D eigenvalue weighted by Crippen LogP contribution is 2.46. The average Bonchev–Trinajstić information content (AvgIpc) is 2.12. The van der Waals surface area contributed by atoms with Crippen molar-refractivity contribution in [1.29, 1.82) is 0 Å². The third-order valence-corrected chi connectivity index (χ3v) is 10.0. The number of nitrogens with zero attached hydrogens (tertiary/aromatic N) is 1. The molecule has 1 aliphatic heterocycles. The van der Waals surface area contributed by atoms with Crippen LogP contribution in [0.15, 0.2) is 0 Å². The molecule has 1 fully saturated rings. The first kappa shape index (κ1) is 16.2. The van der Waals surface area contributed by atoms with E-state index in [1.807, 2.05) is 0 Å². The summed E-state index contributed by atoms with van der Waals surface area (Å²) in [7, 11) is -2.09. The standard InChI is InChI=1S/C13H25NO4Si/c1-8(15)11-9(7-10(16)17)14(12(11)18)19(5,6)13(2,3)4/h8-9,11,15H,7H2,1-6H3,(H,16,17)/t8-,9?,11?/m1/s1. The van der Waals surface area contributed by atoms with E-state index in [4.69, 9.17) is 5.11 Å². The van der Waals surface area contributed by atoms with Crippen LogP contribution in [0, 0.1) is 5.92 Å². The molecule has 0 aliphatic carbocycles. The van der Waals surface area contributed by atoms with Crippen LogP contribution < -0.4 is 0 Å². The van der Waals surface area contributed by atoms with Crippen molar-refractivity contribution in [3.05, 3.63) is 0 Å². The number of aliphatic carboxylic acids is 1. The second kappa shape index (κ2) is 4.90. The molecule has 0 aromatic carbocycles. The number of carbonyl (C=O) groups excluding carboxylic acids is 1. The zero-order valence-corrected chi connectivity index (χ0v) is 13.6. The fourth-order valence-electron chi connectivity index (χ4n) is 2.54. The third-order valence-electron chi connectivity index (χ3n) is 4.61. The SMILES string of the molecule is C[C@@H](O)C1C(=O)N([Si](C)(C)C(C)(C)C)C1CC(=O)O. The van der Waals surface area contributed by atoms with Crippen LogP contribution in [0.3, 0.4) is 0 Å². The Morgan fingerprint density at radius 3 is 2.21 bits per heavy atom. The van der Waals surface area contributed by atoms with Crippen molar-refractivity contribution >= 4 is 20.1 Å². The fraction of sp³-hybridized carbons (Fsp3) is 0.846. The Bertz CT molecular complexity index is 387. The van der Waals surface area contributed by atoms with Gasteiger partial charge in [0, 0.05) is 6.04 Å². The summed E-state index contributed by atoms with van der Waals surface area (Å²) in [5.41, 5.74) is 0. The highest BCUT2D eigenvalue weighted by molar-refractivity contribution is 6.80. The van der Waals surface area contributed by atoms with Crippen LogP contribution in [0.2, 0.25) is 18.1 Å². The van der Waals surface area contributed by atoms with E-state index in [-0.39, 0.29) is 23.4 Å². The molecule has 0 spiro atoms. The van der Waals surface area contributed by atoms with Gasteiger partial charge in [-0.25, -0.2) is 0 Å². The maximum atomic E-state index is 12.3. The van der Waals surface area contributed by atoms with Crippen LogP contribution in [-0.2, 0) is 9.59 Å². The van der Waals surface area contributed by atoms with E-state index in [9.17, 15) is 14.7 Å². The van der Waals surface area contributed by atoms with Gasteiger partial charge in [-0.15, -0.1) is 0 Å². The number of β-lactam (4-membered cyclic amide) rings is 1. The molecule has 1 aliphatic rings. The van der Waals surface area contributed by atoms with E-state index >= 15 is 0 Å². The predicted molar refractivity (Wildman–Crippen MR) is 75.3 cm³/mol. The van der Waals surface area contributed by atoms with Crippen molar-refractivity contribution in [1.82, 2.24) is 4.57 Å². The van der Waals surface area contributed by atoms with Gasteiger partial charge in [0.2, 0.25) is 5.91 Å². The molecule has 19 heavy (non-hydrogen) atoms. The summed E-state index contributed by atoms with van der Waals surface area (Å²) in [6.07, 6.45) is -0.883. The summed E-state index contributed by atoms with van der Waals surface area (Å²) >= 11 is 0. The molecule has 5 nitrogen and oxygen atoms in total. The Morgan fingerprint density at radius 1 is 1.42 bits per heavy atom. The zero-order valence-electron chi connectivity index (χ0n) is 12.6. The highest BCUT2D eigenvalue weighted by Gasteiger charge is 2.58. The lowest BCUT2D eigenvalue weighted by Crippen LogP contribution is -2.74. The minimum Gasteiger partial charge on any atom is -0.481 e. The van der Waals surface area contributed by atoms with Gasteiger partial charge in [-0.05, 0) is 12.0 Å². The minimum absolute atomic E-state index is 0.0386. The van der Waals surface area contributed by atoms with Gasteiger partial charge in [0.05, 0.1) is 18.4 Å². The molecular formula is C13H25NO4Si. The summed E-state index contributed by atoms with van der Waals surface area (Å²) in [5.74, 6) is -1.58. The molecule has 0 saturated carbocycles. The number of carboxylic acid groups (broad SMARTS) is 1.